The zero-order valence-electron chi connectivity index (χ0n) is 8.69. The van der Waals surface area contributed by atoms with Crippen molar-refractivity contribution in [3.8, 4) is 0 Å². The van der Waals surface area contributed by atoms with Crippen molar-refractivity contribution >= 4 is 22.1 Å². The molecule has 0 spiro atoms. The Bertz CT molecular complexity index is 117. The van der Waals surface area contributed by atoms with Crippen LogP contribution in [0.2, 0.25) is 0 Å². The molecule has 0 amide bonds. The zero-order valence-corrected chi connectivity index (χ0v) is 11.4. The van der Waals surface area contributed by atoms with Gasteiger partial charge in [-0.1, -0.05) is 19.8 Å². The number of rotatable bonds is 6. The second-order valence-electron chi connectivity index (χ2n) is 3.91. The van der Waals surface area contributed by atoms with Crippen molar-refractivity contribution in [3.63, 3.8) is 0 Å². The van der Waals surface area contributed by atoms with Crippen molar-refractivity contribution in [2.45, 2.75) is 57.4 Å². The van der Waals surface area contributed by atoms with Gasteiger partial charge in [-0.3, -0.25) is 0 Å². The molecule has 0 aromatic heterocycles. The molecule has 3 heteroatoms. The monoisotopic (exact) mass is 208 g/mol. The van der Waals surface area contributed by atoms with Gasteiger partial charge in [-0.2, -0.15) is 0 Å². The third-order valence-corrected chi connectivity index (χ3v) is 3.61. The lowest BCUT2D eigenvalue weighted by molar-refractivity contribution is 0.110. The lowest BCUT2D eigenvalue weighted by Gasteiger charge is -2.26. The van der Waals surface area contributed by atoms with Crippen LogP contribution in [-0.2, 0) is 4.43 Å². The quantitative estimate of drug-likeness (QED) is 0.481. The maximum atomic E-state index is 6.16. The van der Waals surface area contributed by atoms with Gasteiger partial charge in [0.1, 0.15) is 10.5 Å². The number of hydrogen-bond donors (Lipinski definition) is 0. The Kier molecular flexibility index (Phi) is 6.24. The van der Waals surface area contributed by atoms with Gasteiger partial charge < -0.3 is 4.43 Å². The van der Waals surface area contributed by atoms with Crippen LogP contribution in [-0.4, -0.2) is 21.5 Å². The molecule has 1 atom stereocenters. The average Bonchev–Trinajstić information content (AvgIpc) is 2.00. The van der Waals surface area contributed by atoms with E-state index in [9.17, 15) is 0 Å². The molecule has 74 valence electrons. The molecular formula is C9H21ClOSi. The molecular weight excluding hydrogens is 188 g/mol. The highest BCUT2D eigenvalue weighted by Crippen LogP contribution is 2.22. The van der Waals surface area contributed by atoms with Gasteiger partial charge in [-0.15, -0.1) is 11.6 Å². The van der Waals surface area contributed by atoms with Crippen molar-refractivity contribution in [3.05, 3.63) is 0 Å². The molecule has 0 heterocycles. The van der Waals surface area contributed by atoms with Crippen LogP contribution < -0.4 is 0 Å². The lowest BCUT2D eigenvalue weighted by atomic mass is 10.00. The Balaban J connectivity index is 3.60. The third kappa shape index (κ3) is 6.04. The Morgan fingerprint density at radius 1 is 1.50 bits per heavy atom. The second kappa shape index (κ2) is 6.00. The first-order valence-corrected chi connectivity index (χ1v) is 5.96. The largest absolute Gasteiger partial charge is 0.423 e. The standard InChI is InChI=1S/C9H21ClOSi/c1-4-5-6-8(10)7-9(2,3)11-12/h8H,4-7H2,1-3,12H3. The Morgan fingerprint density at radius 3 is 2.50 bits per heavy atom. The van der Waals surface area contributed by atoms with Gasteiger partial charge in [0.05, 0.1) is 5.60 Å². The molecule has 0 rings (SSSR count). The Labute approximate surface area is 84.4 Å². The molecule has 1 nitrogen and oxygen atoms in total. The Morgan fingerprint density at radius 2 is 2.08 bits per heavy atom. The van der Waals surface area contributed by atoms with Crippen LogP contribution in [0, 0.1) is 0 Å². The number of halogens is 1. The molecule has 0 bridgehead atoms. The third-order valence-electron chi connectivity index (χ3n) is 2.14. The van der Waals surface area contributed by atoms with Crippen LogP contribution in [0.4, 0.5) is 0 Å². The highest BCUT2D eigenvalue weighted by Gasteiger charge is 2.20. The molecule has 0 saturated heterocycles. The van der Waals surface area contributed by atoms with E-state index < -0.39 is 0 Å². The van der Waals surface area contributed by atoms with E-state index in [1.807, 2.05) is 0 Å². The summed E-state index contributed by atoms with van der Waals surface area (Å²) >= 11 is 6.16. The summed E-state index contributed by atoms with van der Waals surface area (Å²) in [5.74, 6) is 0. The topological polar surface area (TPSA) is 9.23 Å². The predicted octanol–water partition coefficient (Wildman–Crippen LogP) is 2.25. The van der Waals surface area contributed by atoms with Gasteiger partial charge in [0.15, 0.2) is 0 Å². The minimum absolute atomic E-state index is 0.00756. The van der Waals surface area contributed by atoms with Gasteiger partial charge in [0.25, 0.3) is 0 Å². The van der Waals surface area contributed by atoms with E-state index in [4.69, 9.17) is 16.0 Å². The van der Waals surface area contributed by atoms with Crippen molar-refractivity contribution in [2.75, 3.05) is 0 Å². The van der Waals surface area contributed by atoms with Gasteiger partial charge in [-0.25, -0.2) is 0 Å². The van der Waals surface area contributed by atoms with E-state index in [2.05, 4.69) is 20.8 Å². The zero-order chi connectivity index (χ0) is 9.61. The fourth-order valence-electron chi connectivity index (χ4n) is 1.14. The van der Waals surface area contributed by atoms with Gasteiger partial charge in [-0.05, 0) is 26.7 Å². The molecule has 0 N–H and O–H groups in total. The van der Waals surface area contributed by atoms with Crippen LogP contribution >= 0.6 is 11.6 Å². The van der Waals surface area contributed by atoms with Crippen molar-refractivity contribution in [1.29, 1.82) is 0 Å². The first-order valence-electron chi connectivity index (χ1n) is 4.71. The predicted molar refractivity (Wildman–Crippen MR) is 58.9 cm³/mol. The summed E-state index contributed by atoms with van der Waals surface area (Å²) in [7, 11) is 0.799. The van der Waals surface area contributed by atoms with Crippen LogP contribution in [0.1, 0.15) is 46.5 Å². The van der Waals surface area contributed by atoms with E-state index in [0.717, 1.165) is 23.3 Å². The molecule has 12 heavy (non-hydrogen) atoms. The van der Waals surface area contributed by atoms with Crippen molar-refractivity contribution < 1.29 is 4.43 Å². The van der Waals surface area contributed by atoms with Crippen LogP contribution in [0.25, 0.3) is 0 Å². The van der Waals surface area contributed by atoms with E-state index in [0.29, 0.717) is 0 Å². The second-order valence-corrected chi connectivity index (χ2v) is 4.93. The van der Waals surface area contributed by atoms with Crippen LogP contribution in [0.3, 0.4) is 0 Å². The van der Waals surface area contributed by atoms with E-state index >= 15 is 0 Å². The first kappa shape index (κ1) is 12.5. The van der Waals surface area contributed by atoms with Gasteiger partial charge in [0.2, 0.25) is 0 Å². The SMILES string of the molecule is CCCCC(Cl)CC(C)(C)O[SiH3]. The van der Waals surface area contributed by atoms with E-state index in [1.165, 1.54) is 12.8 Å². The molecule has 0 saturated carbocycles. The van der Waals surface area contributed by atoms with Crippen molar-refractivity contribution in [2.24, 2.45) is 0 Å². The fourth-order valence-corrected chi connectivity index (χ4v) is 1.84. The fraction of sp³-hybridized carbons (Fsp3) is 1.00. The summed E-state index contributed by atoms with van der Waals surface area (Å²) in [5.41, 5.74) is -0.00756. The summed E-state index contributed by atoms with van der Waals surface area (Å²) in [6.45, 7) is 6.42. The maximum Gasteiger partial charge on any atom is 0.146 e. The molecule has 0 radical (unpaired) electrons. The number of alkyl halides is 1. The molecule has 0 aromatic rings. The normalized spacial score (nSPS) is 15.0. The summed E-state index contributed by atoms with van der Waals surface area (Å²) in [6.07, 6.45) is 4.54. The number of hydrogen-bond acceptors (Lipinski definition) is 1. The average molecular weight is 209 g/mol. The van der Waals surface area contributed by atoms with Crippen LogP contribution in [0.15, 0.2) is 0 Å². The van der Waals surface area contributed by atoms with E-state index in [1.54, 1.807) is 0 Å². The molecule has 0 aliphatic rings. The summed E-state index contributed by atoms with van der Waals surface area (Å²) in [6, 6.07) is 0. The van der Waals surface area contributed by atoms with Crippen molar-refractivity contribution in [1.82, 2.24) is 0 Å². The smallest absolute Gasteiger partial charge is 0.146 e. The van der Waals surface area contributed by atoms with E-state index in [-0.39, 0.29) is 11.0 Å². The summed E-state index contributed by atoms with van der Waals surface area (Å²) in [4.78, 5) is 0. The Hall–Kier alpha value is 0.467. The molecule has 0 aliphatic carbocycles. The molecule has 1 unspecified atom stereocenters. The molecule has 0 fully saturated rings. The maximum absolute atomic E-state index is 6.16. The van der Waals surface area contributed by atoms with Gasteiger partial charge >= 0.3 is 0 Å². The minimum Gasteiger partial charge on any atom is -0.423 e. The van der Waals surface area contributed by atoms with Gasteiger partial charge in [0, 0.05) is 5.38 Å². The lowest BCUT2D eigenvalue weighted by Crippen LogP contribution is -2.27. The highest BCUT2D eigenvalue weighted by atomic mass is 35.5. The number of unbranched alkanes of at least 4 members (excludes halogenated alkanes) is 1. The molecule has 0 aliphatic heterocycles. The van der Waals surface area contributed by atoms with Crippen LogP contribution in [0.5, 0.6) is 0 Å². The first-order chi connectivity index (χ1) is 5.52. The highest BCUT2D eigenvalue weighted by molar-refractivity contribution is 6.20. The molecule has 0 aromatic carbocycles. The minimum atomic E-state index is -0.00756. The summed E-state index contributed by atoms with van der Waals surface area (Å²) in [5, 5.41) is 0.286. The summed E-state index contributed by atoms with van der Waals surface area (Å²) < 4.78 is 5.44.